The van der Waals surface area contributed by atoms with Crippen LogP contribution in [-0.4, -0.2) is 47.3 Å². The first-order valence-corrected chi connectivity index (χ1v) is 10.1. The molecule has 2 heterocycles. The molecule has 1 aliphatic rings. The Labute approximate surface area is 169 Å². The van der Waals surface area contributed by atoms with Crippen LogP contribution in [0.25, 0.3) is 32.9 Å². The summed E-state index contributed by atoms with van der Waals surface area (Å²) in [6.07, 6.45) is 1.43. The number of rotatable bonds is 4. The molecule has 29 heavy (non-hydrogen) atoms. The highest BCUT2D eigenvalue weighted by atomic mass is 16.5. The Kier molecular flexibility index (Phi) is 4.84. The van der Waals surface area contributed by atoms with E-state index in [0.717, 1.165) is 55.0 Å². The Morgan fingerprint density at radius 2 is 1.62 bits per heavy atom. The molecule has 0 unspecified atom stereocenters. The smallest absolute Gasteiger partial charge is 0.269 e. The van der Waals surface area contributed by atoms with Gasteiger partial charge in [0.2, 0.25) is 0 Å². The largest absolute Gasteiger partial charge is 0.379 e. The Balaban J connectivity index is 1.53. The van der Waals surface area contributed by atoms with Crippen molar-refractivity contribution in [3.05, 3.63) is 77.2 Å². The van der Waals surface area contributed by atoms with Crippen molar-refractivity contribution in [2.75, 3.05) is 32.8 Å². The second-order valence-electron chi connectivity index (χ2n) is 7.47. The fraction of sp³-hybridized carbons (Fsp3) is 0.250. The normalized spacial score (nSPS) is 15.2. The number of ether oxygens (including phenoxy) is 1. The van der Waals surface area contributed by atoms with Crippen LogP contribution < -0.4 is 5.56 Å². The third kappa shape index (κ3) is 3.67. The lowest BCUT2D eigenvalue weighted by atomic mass is 10.0. The van der Waals surface area contributed by atoms with Crippen LogP contribution in [0, 0.1) is 0 Å². The molecule has 0 spiro atoms. The molecule has 0 saturated carbocycles. The summed E-state index contributed by atoms with van der Waals surface area (Å²) in [7, 11) is 0. The molecule has 0 N–H and O–H groups in total. The lowest BCUT2D eigenvalue weighted by molar-refractivity contribution is 0.0364. The number of hydrogen-bond donors (Lipinski definition) is 0. The van der Waals surface area contributed by atoms with Gasteiger partial charge in [0, 0.05) is 26.2 Å². The van der Waals surface area contributed by atoms with E-state index in [1.807, 2.05) is 10.6 Å². The SMILES string of the molecule is O=c1cnc2ccc(-c3ccc4ccccc4c3)cc2n1CCN1CCOCC1. The van der Waals surface area contributed by atoms with Crippen molar-refractivity contribution in [2.24, 2.45) is 0 Å². The number of morpholine rings is 1. The zero-order valence-electron chi connectivity index (χ0n) is 16.3. The van der Waals surface area contributed by atoms with Gasteiger partial charge in [-0.15, -0.1) is 0 Å². The minimum atomic E-state index is -0.0542. The number of nitrogens with zero attached hydrogens (tertiary/aromatic N) is 3. The maximum Gasteiger partial charge on any atom is 0.269 e. The Bertz CT molecular complexity index is 1230. The van der Waals surface area contributed by atoms with E-state index in [1.54, 1.807) is 0 Å². The van der Waals surface area contributed by atoms with E-state index in [4.69, 9.17) is 4.74 Å². The minimum absolute atomic E-state index is 0.0542. The Hall–Kier alpha value is -3.02. The average Bonchev–Trinajstić information content (AvgIpc) is 2.78. The van der Waals surface area contributed by atoms with Gasteiger partial charge >= 0.3 is 0 Å². The molecule has 5 heteroatoms. The molecule has 0 amide bonds. The van der Waals surface area contributed by atoms with Crippen LogP contribution in [0.3, 0.4) is 0 Å². The first kappa shape index (κ1) is 18.0. The molecular formula is C24H23N3O2. The predicted molar refractivity (Wildman–Crippen MR) is 116 cm³/mol. The van der Waals surface area contributed by atoms with Gasteiger partial charge in [0.05, 0.1) is 30.4 Å². The van der Waals surface area contributed by atoms with Crippen LogP contribution in [0.4, 0.5) is 0 Å². The van der Waals surface area contributed by atoms with E-state index in [9.17, 15) is 4.79 Å². The van der Waals surface area contributed by atoms with Crippen LogP contribution in [0.2, 0.25) is 0 Å². The topological polar surface area (TPSA) is 47.4 Å². The van der Waals surface area contributed by atoms with Gasteiger partial charge in [0.15, 0.2) is 0 Å². The first-order valence-electron chi connectivity index (χ1n) is 10.1. The monoisotopic (exact) mass is 385 g/mol. The summed E-state index contributed by atoms with van der Waals surface area (Å²) in [5.41, 5.74) is 3.91. The molecule has 1 aromatic heterocycles. The van der Waals surface area contributed by atoms with E-state index in [-0.39, 0.29) is 5.56 Å². The number of benzene rings is 3. The molecule has 0 radical (unpaired) electrons. The standard InChI is InChI=1S/C24H23N3O2/c28-24-17-25-22-8-7-21(20-6-5-18-3-1-2-4-19(18)15-20)16-23(22)27(24)10-9-26-11-13-29-14-12-26/h1-8,15-17H,9-14H2. The van der Waals surface area contributed by atoms with Gasteiger partial charge in [-0.25, -0.2) is 4.98 Å². The predicted octanol–water partition coefficient (Wildman–Crippen LogP) is 3.55. The summed E-state index contributed by atoms with van der Waals surface area (Å²) in [5.74, 6) is 0. The van der Waals surface area contributed by atoms with E-state index in [2.05, 4.69) is 64.5 Å². The summed E-state index contributed by atoms with van der Waals surface area (Å²) in [5, 5.41) is 2.43. The quantitative estimate of drug-likeness (QED) is 0.539. The molecule has 5 rings (SSSR count). The summed E-state index contributed by atoms with van der Waals surface area (Å²) in [6, 6.07) is 21.0. The molecule has 0 bridgehead atoms. The molecule has 0 atom stereocenters. The van der Waals surface area contributed by atoms with Crippen molar-refractivity contribution in [3.8, 4) is 11.1 Å². The van der Waals surface area contributed by atoms with Crippen molar-refractivity contribution < 1.29 is 4.74 Å². The van der Waals surface area contributed by atoms with Gasteiger partial charge in [0.25, 0.3) is 5.56 Å². The van der Waals surface area contributed by atoms with Crippen molar-refractivity contribution in [2.45, 2.75) is 6.54 Å². The zero-order valence-corrected chi connectivity index (χ0v) is 16.3. The molecule has 0 aliphatic carbocycles. The van der Waals surface area contributed by atoms with Gasteiger partial charge in [-0.1, -0.05) is 42.5 Å². The van der Waals surface area contributed by atoms with Crippen LogP contribution in [0.1, 0.15) is 0 Å². The summed E-state index contributed by atoms with van der Waals surface area (Å²) in [4.78, 5) is 19.3. The molecule has 1 fully saturated rings. The summed E-state index contributed by atoms with van der Waals surface area (Å²) in [6.45, 7) is 4.85. The van der Waals surface area contributed by atoms with E-state index < -0.39 is 0 Å². The van der Waals surface area contributed by atoms with Gasteiger partial charge in [0.1, 0.15) is 0 Å². The van der Waals surface area contributed by atoms with Crippen molar-refractivity contribution in [1.29, 1.82) is 0 Å². The third-order valence-corrected chi connectivity index (χ3v) is 5.67. The maximum atomic E-state index is 12.6. The summed E-state index contributed by atoms with van der Waals surface area (Å²) >= 11 is 0. The maximum absolute atomic E-state index is 12.6. The number of hydrogen-bond acceptors (Lipinski definition) is 4. The molecule has 146 valence electrons. The third-order valence-electron chi connectivity index (χ3n) is 5.67. The lowest BCUT2D eigenvalue weighted by Crippen LogP contribution is -2.39. The zero-order chi connectivity index (χ0) is 19.6. The molecule has 4 aromatic rings. The highest BCUT2D eigenvalue weighted by Gasteiger charge is 2.12. The second-order valence-corrected chi connectivity index (χ2v) is 7.47. The highest BCUT2D eigenvalue weighted by Crippen LogP contribution is 2.26. The second kappa shape index (κ2) is 7.78. The fourth-order valence-corrected chi connectivity index (χ4v) is 4.01. The van der Waals surface area contributed by atoms with Gasteiger partial charge < -0.3 is 9.30 Å². The first-order chi connectivity index (χ1) is 14.3. The van der Waals surface area contributed by atoms with E-state index in [1.165, 1.54) is 17.0 Å². The van der Waals surface area contributed by atoms with Crippen molar-refractivity contribution >= 4 is 21.8 Å². The summed E-state index contributed by atoms with van der Waals surface area (Å²) < 4.78 is 7.27. The van der Waals surface area contributed by atoms with Crippen LogP contribution in [-0.2, 0) is 11.3 Å². The number of aromatic nitrogens is 2. The molecule has 1 saturated heterocycles. The van der Waals surface area contributed by atoms with Gasteiger partial charge in [-0.05, 0) is 40.1 Å². The van der Waals surface area contributed by atoms with Gasteiger partial charge in [-0.2, -0.15) is 0 Å². The molecule has 3 aromatic carbocycles. The Morgan fingerprint density at radius 1 is 0.862 bits per heavy atom. The van der Waals surface area contributed by atoms with Gasteiger partial charge in [-0.3, -0.25) is 9.69 Å². The van der Waals surface area contributed by atoms with Crippen LogP contribution >= 0.6 is 0 Å². The Morgan fingerprint density at radius 3 is 2.48 bits per heavy atom. The average molecular weight is 385 g/mol. The van der Waals surface area contributed by atoms with Crippen LogP contribution in [0.5, 0.6) is 0 Å². The van der Waals surface area contributed by atoms with Crippen LogP contribution in [0.15, 0.2) is 71.7 Å². The molecule has 5 nitrogen and oxygen atoms in total. The molecule has 1 aliphatic heterocycles. The minimum Gasteiger partial charge on any atom is -0.379 e. The van der Waals surface area contributed by atoms with E-state index in [0.29, 0.717) is 6.54 Å². The lowest BCUT2D eigenvalue weighted by Gasteiger charge is -2.26. The van der Waals surface area contributed by atoms with E-state index >= 15 is 0 Å². The molecular weight excluding hydrogens is 362 g/mol. The highest BCUT2D eigenvalue weighted by molar-refractivity contribution is 5.89. The number of fused-ring (bicyclic) bond motifs is 2. The van der Waals surface area contributed by atoms with Crippen molar-refractivity contribution in [1.82, 2.24) is 14.5 Å². The van der Waals surface area contributed by atoms with Crippen molar-refractivity contribution in [3.63, 3.8) is 0 Å². The fourth-order valence-electron chi connectivity index (χ4n) is 4.01.